The standard InChI is InChI=1S/C18H20N2O3S/c1-4-14-11(2)24-18(16(14)17(19)22)20-15(21)10-7-12-5-8-13(23-3)9-6-12/h5-10H,4H2,1-3H3,(H2,19,22)(H,20,21). The van der Waals surface area contributed by atoms with Gasteiger partial charge in [-0.25, -0.2) is 0 Å². The summed E-state index contributed by atoms with van der Waals surface area (Å²) in [5.74, 6) is -0.0771. The Morgan fingerprint density at radius 2 is 1.96 bits per heavy atom. The number of rotatable bonds is 6. The van der Waals surface area contributed by atoms with Crippen molar-refractivity contribution in [2.75, 3.05) is 12.4 Å². The van der Waals surface area contributed by atoms with Gasteiger partial charge in [0.15, 0.2) is 0 Å². The minimum Gasteiger partial charge on any atom is -0.497 e. The Morgan fingerprint density at radius 3 is 2.50 bits per heavy atom. The van der Waals surface area contributed by atoms with Gasteiger partial charge in [-0.05, 0) is 42.7 Å². The van der Waals surface area contributed by atoms with Crippen LogP contribution in [0.25, 0.3) is 6.08 Å². The molecule has 0 bridgehead atoms. The van der Waals surface area contributed by atoms with Crippen LogP contribution in [-0.4, -0.2) is 18.9 Å². The number of primary amides is 1. The zero-order valence-electron chi connectivity index (χ0n) is 13.9. The molecule has 126 valence electrons. The molecule has 0 aliphatic rings. The molecule has 0 radical (unpaired) electrons. The fraction of sp³-hybridized carbons (Fsp3) is 0.222. The molecule has 24 heavy (non-hydrogen) atoms. The van der Waals surface area contributed by atoms with E-state index < -0.39 is 5.91 Å². The Balaban J connectivity index is 2.14. The van der Waals surface area contributed by atoms with Crippen molar-refractivity contribution in [2.45, 2.75) is 20.3 Å². The third kappa shape index (κ3) is 4.02. The normalized spacial score (nSPS) is 10.8. The fourth-order valence-corrected chi connectivity index (χ4v) is 3.55. The maximum atomic E-state index is 12.1. The summed E-state index contributed by atoms with van der Waals surface area (Å²) in [6, 6.07) is 7.34. The van der Waals surface area contributed by atoms with E-state index in [0.717, 1.165) is 21.8 Å². The number of anilines is 1. The molecule has 0 aliphatic carbocycles. The van der Waals surface area contributed by atoms with E-state index >= 15 is 0 Å². The van der Waals surface area contributed by atoms with E-state index in [1.54, 1.807) is 13.2 Å². The molecule has 1 heterocycles. The summed E-state index contributed by atoms with van der Waals surface area (Å²) < 4.78 is 5.09. The first-order chi connectivity index (χ1) is 11.5. The van der Waals surface area contributed by atoms with Crippen LogP contribution >= 0.6 is 11.3 Å². The van der Waals surface area contributed by atoms with E-state index in [0.29, 0.717) is 17.0 Å². The molecule has 6 heteroatoms. The molecule has 1 aromatic heterocycles. The lowest BCUT2D eigenvalue weighted by Crippen LogP contribution is -2.16. The lowest BCUT2D eigenvalue weighted by Gasteiger charge is -2.03. The van der Waals surface area contributed by atoms with Gasteiger partial charge in [-0.1, -0.05) is 19.1 Å². The van der Waals surface area contributed by atoms with Crippen molar-refractivity contribution in [3.05, 3.63) is 51.9 Å². The van der Waals surface area contributed by atoms with Crippen LogP contribution in [0.2, 0.25) is 0 Å². The minimum atomic E-state index is -0.523. The molecule has 0 spiro atoms. The third-order valence-electron chi connectivity index (χ3n) is 3.59. The van der Waals surface area contributed by atoms with Crippen LogP contribution in [0.5, 0.6) is 5.75 Å². The highest BCUT2D eigenvalue weighted by atomic mass is 32.1. The van der Waals surface area contributed by atoms with Crippen molar-refractivity contribution < 1.29 is 14.3 Å². The van der Waals surface area contributed by atoms with Crippen LogP contribution in [0.15, 0.2) is 30.3 Å². The van der Waals surface area contributed by atoms with Gasteiger partial charge in [-0.15, -0.1) is 11.3 Å². The number of hydrogen-bond donors (Lipinski definition) is 2. The van der Waals surface area contributed by atoms with E-state index in [1.165, 1.54) is 17.4 Å². The maximum Gasteiger partial charge on any atom is 0.251 e. The summed E-state index contributed by atoms with van der Waals surface area (Å²) in [7, 11) is 1.60. The smallest absolute Gasteiger partial charge is 0.251 e. The van der Waals surface area contributed by atoms with Crippen molar-refractivity contribution in [1.29, 1.82) is 0 Å². The Morgan fingerprint density at radius 1 is 1.29 bits per heavy atom. The molecule has 2 amide bonds. The second-order valence-corrected chi connectivity index (χ2v) is 6.38. The molecule has 0 saturated heterocycles. The Labute approximate surface area is 145 Å². The first-order valence-corrected chi connectivity index (χ1v) is 8.33. The molecule has 5 nitrogen and oxygen atoms in total. The molecule has 0 saturated carbocycles. The maximum absolute atomic E-state index is 12.1. The Hall–Kier alpha value is -2.60. The number of carbonyl (C=O) groups is 2. The minimum absolute atomic E-state index is 0.308. The predicted molar refractivity (Wildman–Crippen MR) is 97.6 cm³/mol. The molecule has 0 unspecified atom stereocenters. The molecule has 2 rings (SSSR count). The summed E-state index contributed by atoms with van der Waals surface area (Å²) in [5, 5.41) is 3.25. The average molecular weight is 344 g/mol. The van der Waals surface area contributed by atoms with Gasteiger partial charge in [0.1, 0.15) is 10.8 Å². The van der Waals surface area contributed by atoms with E-state index in [9.17, 15) is 9.59 Å². The summed E-state index contributed by atoms with van der Waals surface area (Å²) in [6.45, 7) is 3.87. The number of amides is 2. The lowest BCUT2D eigenvalue weighted by atomic mass is 10.1. The molecule has 1 aromatic carbocycles. The Bertz CT molecular complexity index is 776. The zero-order valence-corrected chi connectivity index (χ0v) is 14.7. The number of hydrogen-bond acceptors (Lipinski definition) is 4. The zero-order chi connectivity index (χ0) is 17.7. The second kappa shape index (κ2) is 7.79. The number of benzene rings is 1. The molecule has 2 aromatic rings. The summed E-state index contributed by atoms with van der Waals surface area (Å²) in [5.41, 5.74) is 7.63. The van der Waals surface area contributed by atoms with Crippen molar-refractivity contribution in [2.24, 2.45) is 5.73 Å². The highest BCUT2D eigenvalue weighted by Crippen LogP contribution is 2.33. The molecular formula is C18H20N2O3S. The summed E-state index contributed by atoms with van der Waals surface area (Å²) in [4.78, 5) is 24.8. The monoisotopic (exact) mass is 344 g/mol. The van der Waals surface area contributed by atoms with Gasteiger partial charge in [0.25, 0.3) is 5.91 Å². The van der Waals surface area contributed by atoms with Gasteiger partial charge in [-0.3, -0.25) is 9.59 Å². The van der Waals surface area contributed by atoms with Crippen LogP contribution in [-0.2, 0) is 11.2 Å². The fourth-order valence-electron chi connectivity index (χ4n) is 2.39. The summed E-state index contributed by atoms with van der Waals surface area (Å²) in [6.07, 6.45) is 3.81. The molecule has 3 N–H and O–H groups in total. The van der Waals surface area contributed by atoms with Crippen LogP contribution in [0.1, 0.15) is 33.3 Å². The number of carbonyl (C=O) groups excluding carboxylic acids is 2. The van der Waals surface area contributed by atoms with E-state index in [-0.39, 0.29) is 5.91 Å². The van der Waals surface area contributed by atoms with Gasteiger partial charge < -0.3 is 15.8 Å². The SMILES string of the molecule is CCc1c(C)sc(NC(=O)C=Cc2ccc(OC)cc2)c1C(N)=O. The molecule has 0 fully saturated rings. The third-order valence-corrected chi connectivity index (χ3v) is 4.65. The second-order valence-electron chi connectivity index (χ2n) is 5.15. The number of methoxy groups -OCH3 is 1. The van der Waals surface area contributed by atoms with Crippen molar-refractivity contribution >= 4 is 34.2 Å². The van der Waals surface area contributed by atoms with Crippen molar-refractivity contribution in [3.8, 4) is 5.75 Å². The number of nitrogens with two attached hydrogens (primary N) is 1. The molecule has 0 atom stereocenters. The predicted octanol–water partition coefficient (Wildman–Crippen LogP) is 3.38. The highest BCUT2D eigenvalue weighted by molar-refractivity contribution is 7.16. The number of ether oxygens (including phenoxy) is 1. The Kier molecular flexibility index (Phi) is 5.76. The first-order valence-electron chi connectivity index (χ1n) is 7.51. The lowest BCUT2D eigenvalue weighted by molar-refractivity contribution is -0.111. The largest absolute Gasteiger partial charge is 0.497 e. The van der Waals surface area contributed by atoms with Gasteiger partial charge in [0, 0.05) is 11.0 Å². The molecule has 0 aliphatic heterocycles. The van der Waals surface area contributed by atoms with Crippen LogP contribution in [0, 0.1) is 6.92 Å². The molecular weight excluding hydrogens is 324 g/mol. The van der Waals surface area contributed by atoms with Crippen molar-refractivity contribution in [1.82, 2.24) is 0 Å². The van der Waals surface area contributed by atoms with E-state index in [4.69, 9.17) is 10.5 Å². The van der Waals surface area contributed by atoms with Gasteiger partial charge in [-0.2, -0.15) is 0 Å². The summed E-state index contributed by atoms with van der Waals surface area (Å²) >= 11 is 1.37. The van der Waals surface area contributed by atoms with Crippen molar-refractivity contribution in [3.63, 3.8) is 0 Å². The van der Waals surface area contributed by atoms with E-state index in [2.05, 4.69) is 5.32 Å². The number of thiophene rings is 1. The van der Waals surface area contributed by atoms with Gasteiger partial charge in [0.05, 0.1) is 12.7 Å². The highest BCUT2D eigenvalue weighted by Gasteiger charge is 2.19. The van der Waals surface area contributed by atoms with Crippen LogP contribution in [0.4, 0.5) is 5.00 Å². The number of nitrogens with one attached hydrogen (secondary N) is 1. The topological polar surface area (TPSA) is 81.4 Å². The first kappa shape index (κ1) is 17.7. The van der Waals surface area contributed by atoms with E-state index in [1.807, 2.05) is 38.1 Å². The average Bonchev–Trinajstić information content (AvgIpc) is 2.88. The quantitative estimate of drug-likeness (QED) is 0.788. The van der Waals surface area contributed by atoms with Crippen LogP contribution in [0.3, 0.4) is 0 Å². The van der Waals surface area contributed by atoms with Gasteiger partial charge >= 0.3 is 0 Å². The van der Waals surface area contributed by atoms with Crippen LogP contribution < -0.4 is 15.8 Å². The number of aryl methyl sites for hydroxylation is 1. The van der Waals surface area contributed by atoms with Gasteiger partial charge in [0.2, 0.25) is 5.91 Å².